The average molecular weight is 497 g/mol. The van der Waals surface area contributed by atoms with Gasteiger partial charge in [-0.05, 0) is 66.8 Å². The molecule has 0 heterocycles. The first-order chi connectivity index (χ1) is 16.4. The lowest BCUT2D eigenvalue weighted by atomic mass is 9.68. The minimum absolute atomic E-state index is 0.00628. The molecular weight excluding hydrogens is 464 g/mol. The van der Waals surface area contributed by atoms with Gasteiger partial charge in [0.25, 0.3) is 0 Å². The van der Waals surface area contributed by atoms with E-state index in [1.807, 2.05) is 38.1 Å². The lowest BCUT2D eigenvalue weighted by molar-refractivity contribution is 0.0693. The Morgan fingerprint density at radius 1 is 0.971 bits per heavy atom. The number of benzene rings is 3. The SMILES string of the molecule is Cc1ccc(S(=O)(=O)CCCOc2ccc(C(C)(c3ccc(O)c(C(=O)O)c3)C(C)C)cc2)cc1. The van der Waals surface area contributed by atoms with Crippen LogP contribution in [-0.2, 0) is 15.3 Å². The molecule has 35 heavy (non-hydrogen) atoms. The molecular formula is C28H32O6S. The zero-order valence-corrected chi connectivity index (χ0v) is 21.3. The van der Waals surface area contributed by atoms with Crippen molar-refractivity contribution in [3.05, 3.63) is 89.0 Å². The van der Waals surface area contributed by atoms with E-state index in [4.69, 9.17) is 4.74 Å². The highest BCUT2D eigenvalue weighted by Crippen LogP contribution is 2.40. The van der Waals surface area contributed by atoms with Gasteiger partial charge in [0, 0.05) is 5.41 Å². The normalized spacial score (nSPS) is 13.4. The third-order valence-electron chi connectivity index (χ3n) is 6.64. The summed E-state index contributed by atoms with van der Waals surface area (Å²) in [5, 5.41) is 19.3. The van der Waals surface area contributed by atoms with Crippen LogP contribution in [0.1, 0.15) is 54.2 Å². The number of carbonyl (C=O) groups is 1. The molecule has 0 aliphatic heterocycles. The number of carboxylic acid groups (broad SMARTS) is 1. The molecule has 3 aromatic carbocycles. The van der Waals surface area contributed by atoms with Crippen molar-refractivity contribution in [2.75, 3.05) is 12.4 Å². The molecule has 0 spiro atoms. The molecule has 1 atom stereocenters. The maximum atomic E-state index is 12.5. The second-order valence-corrected chi connectivity index (χ2v) is 11.4. The van der Waals surface area contributed by atoms with E-state index in [0.29, 0.717) is 17.1 Å². The van der Waals surface area contributed by atoms with Crippen LogP contribution in [0.4, 0.5) is 0 Å². The molecule has 0 saturated heterocycles. The largest absolute Gasteiger partial charge is 0.507 e. The summed E-state index contributed by atoms with van der Waals surface area (Å²) in [7, 11) is -3.35. The van der Waals surface area contributed by atoms with Gasteiger partial charge in [-0.1, -0.05) is 56.7 Å². The summed E-state index contributed by atoms with van der Waals surface area (Å²) in [6.45, 7) is 8.35. The highest BCUT2D eigenvalue weighted by molar-refractivity contribution is 7.91. The number of rotatable bonds is 10. The average Bonchev–Trinajstić information content (AvgIpc) is 2.82. The minimum Gasteiger partial charge on any atom is -0.507 e. The van der Waals surface area contributed by atoms with E-state index >= 15 is 0 Å². The van der Waals surface area contributed by atoms with Gasteiger partial charge in [0.15, 0.2) is 9.84 Å². The van der Waals surface area contributed by atoms with Gasteiger partial charge in [0.1, 0.15) is 17.1 Å². The third-order valence-corrected chi connectivity index (χ3v) is 8.46. The number of sulfone groups is 1. The van der Waals surface area contributed by atoms with Crippen LogP contribution >= 0.6 is 0 Å². The number of hydrogen-bond acceptors (Lipinski definition) is 5. The van der Waals surface area contributed by atoms with Crippen molar-refractivity contribution < 1.29 is 28.2 Å². The molecule has 0 aromatic heterocycles. The lowest BCUT2D eigenvalue weighted by Crippen LogP contribution is -2.30. The van der Waals surface area contributed by atoms with Gasteiger partial charge in [-0.2, -0.15) is 0 Å². The summed E-state index contributed by atoms with van der Waals surface area (Å²) >= 11 is 0. The Labute approximate surface area is 207 Å². The van der Waals surface area contributed by atoms with E-state index in [1.54, 1.807) is 30.3 Å². The molecule has 0 saturated carbocycles. The van der Waals surface area contributed by atoms with Crippen molar-refractivity contribution in [3.8, 4) is 11.5 Å². The molecule has 7 heteroatoms. The van der Waals surface area contributed by atoms with Crippen molar-refractivity contribution in [1.82, 2.24) is 0 Å². The summed E-state index contributed by atoms with van der Waals surface area (Å²) in [5.41, 5.74) is 2.15. The number of hydrogen-bond donors (Lipinski definition) is 2. The van der Waals surface area contributed by atoms with Crippen molar-refractivity contribution in [2.24, 2.45) is 5.92 Å². The monoisotopic (exact) mass is 496 g/mol. The summed E-state index contributed by atoms with van der Waals surface area (Å²) < 4.78 is 30.8. The Hall–Kier alpha value is -3.32. The molecule has 0 fully saturated rings. The van der Waals surface area contributed by atoms with Crippen molar-refractivity contribution in [1.29, 1.82) is 0 Å². The standard InChI is InChI=1S/C28H32O6S/c1-19(2)28(4,22-10-15-26(29)25(18-22)27(30)31)21-8-11-23(12-9-21)34-16-5-17-35(32,33)24-13-6-20(3)7-14-24/h6-15,18-19,29H,5,16-17H2,1-4H3,(H,30,31). The van der Waals surface area contributed by atoms with Gasteiger partial charge >= 0.3 is 5.97 Å². The smallest absolute Gasteiger partial charge is 0.339 e. The number of aromatic hydroxyl groups is 1. The highest BCUT2D eigenvalue weighted by Gasteiger charge is 2.33. The second-order valence-electron chi connectivity index (χ2n) is 9.25. The topological polar surface area (TPSA) is 101 Å². The van der Waals surface area contributed by atoms with Gasteiger partial charge < -0.3 is 14.9 Å². The van der Waals surface area contributed by atoms with Crippen molar-refractivity contribution >= 4 is 15.8 Å². The fourth-order valence-electron chi connectivity index (χ4n) is 4.06. The zero-order chi connectivity index (χ0) is 25.8. The number of carboxylic acids is 1. The molecule has 2 N–H and O–H groups in total. The Morgan fingerprint density at radius 2 is 1.57 bits per heavy atom. The van der Waals surface area contributed by atoms with Crippen LogP contribution in [0.25, 0.3) is 0 Å². The van der Waals surface area contributed by atoms with Gasteiger partial charge in [0.05, 0.1) is 17.3 Å². The molecule has 0 amide bonds. The molecule has 0 bridgehead atoms. The van der Waals surface area contributed by atoms with E-state index in [-0.39, 0.29) is 29.6 Å². The zero-order valence-electron chi connectivity index (χ0n) is 20.5. The van der Waals surface area contributed by atoms with Crippen LogP contribution in [0, 0.1) is 12.8 Å². The van der Waals surface area contributed by atoms with E-state index in [0.717, 1.165) is 16.7 Å². The van der Waals surface area contributed by atoms with Crippen molar-refractivity contribution in [3.63, 3.8) is 0 Å². The first-order valence-corrected chi connectivity index (χ1v) is 13.2. The molecule has 0 aliphatic carbocycles. The molecule has 0 radical (unpaired) electrons. The highest BCUT2D eigenvalue weighted by atomic mass is 32.2. The second kappa shape index (κ2) is 10.5. The minimum atomic E-state index is -3.35. The van der Waals surface area contributed by atoms with E-state index in [1.165, 1.54) is 12.1 Å². The Kier molecular flexibility index (Phi) is 7.90. The fourth-order valence-corrected chi connectivity index (χ4v) is 5.35. The summed E-state index contributed by atoms with van der Waals surface area (Å²) in [5.74, 6) is -0.673. The lowest BCUT2D eigenvalue weighted by Gasteiger charge is -2.35. The summed E-state index contributed by atoms with van der Waals surface area (Å²) in [4.78, 5) is 11.8. The van der Waals surface area contributed by atoms with Crippen LogP contribution in [0.3, 0.4) is 0 Å². The van der Waals surface area contributed by atoms with Gasteiger partial charge in [-0.25, -0.2) is 13.2 Å². The number of ether oxygens (including phenoxy) is 1. The van der Waals surface area contributed by atoms with Crippen LogP contribution < -0.4 is 4.74 Å². The van der Waals surface area contributed by atoms with Gasteiger partial charge in [-0.15, -0.1) is 0 Å². The number of aromatic carboxylic acids is 1. The van der Waals surface area contributed by atoms with E-state index in [9.17, 15) is 23.4 Å². The first kappa shape index (κ1) is 26.3. The van der Waals surface area contributed by atoms with Crippen LogP contribution in [0.15, 0.2) is 71.6 Å². The molecule has 186 valence electrons. The van der Waals surface area contributed by atoms with Gasteiger partial charge in [0.2, 0.25) is 0 Å². The summed E-state index contributed by atoms with van der Waals surface area (Å²) in [6.07, 6.45) is 0.368. The molecule has 3 rings (SSSR count). The van der Waals surface area contributed by atoms with Crippen LogP contribution in [-0.4, -0.2) is 37.0 Å². The predicted octanol–water partition coefficient (Wildman–Crippen LogP) is 5.60. The summed E-state index contributed by atoms with van der Waals surface area (Å²) in [6, 6.07) is 19.1. The Balaban J connectivity index is 1.69. The van der Waals surface area contributed by atoms with Crippen molar-refractivity contribution in [2.45, 2.75) is 44.4 Å². The van der Waals surface area contributed by atoms with Gasteiger partial charge in [-0.3, -0.25) is 0 Å². The van der Waals surface area contributed by atoms with Crippen LogP contribution in [0.5, 0.6) is 11.5 Å². The Morgan fingerprint density at radius 3 is 2.14 bits per heavy atom. The first-order valence-electron chi connectivity index (χ1n) is 11.5. The van der Waals surface area contributed by atoms with E-state index < -0.39 is 21.2 Å². The fraction of sp³-hybridized carbons (Fsp3) is 0.321. The maximum Gasteiger partial charge on any atom is 0.339 e. The number of phenols is 1. The predicted molar refractivity (Wildman–Crippen MR) is 136 cm³/mol. The number of aryl methyl sites for hydroxylation is 1. The quantitative estimate of drug-likeness (QED) is 0.354. The maximum absolute atomic E-state index is 12.5. The van der Waals surface area contributed by atoms with E-state index in [2.05, 4.69) is 13.8 Å². The molecule has 0 aliphatic rings. The third kappa shape index (κ3) is 5.85. The molecule has 6 nitrogen and oxygen atoms in total. The Bertz CT molecular complexity index is 1280. The molecule has 1 unspecified atom stereocenters. The molecule has 3 aromatic rings. The van der Waals surface area contributed by atoms with Crippen LogP contribution in [0.2, 0.25) is 0 Å².